The molecule has 140 valence electrons. The van der Waals surface area contributed by atoms with Gasteiger partial charge < -0.3 is 14.0 Å². The van der Waals surface area contributed by atoms with Crippen molar-refractivity contribution in [1.82, 2.24) is 4.57 Å². The van der Waals surface area contributed by atoms with E-state index in [9.17, 15) is 14.0 Å². The molecule has 0 amide bonds. The lowest BCUT2D eigenvalue weighted by molar-refractivity contribution is 0.0523. The number of aromatic nitrogens is 1. The molecular formula is C19H21ClFNO4. The van der Waals surface area contributed by atoms with Crippen LogP contribution in [0, 0.1) is 12.7 Å². The van der Waals surface area contributed by atoms with Crippen molar-refractivity contribution in [3.8, 4) is 17.0 Å². The zero-order valence-corrected chi connectivity index (χ0v) is 16.1. The summed E-state index contributed by atoms with van der Waals surface area (Å²) in [5, 5.41) is -0.0503. The Balaban J connectivity index is 2.98. The molecule has 2 rings (SSSR count). The maximum Gasteiger partial charge on any atom is 0.345 e. The van der Waals surface area contributed by atoms with Gasteiger partial charge in [-0.05, 0) is 45.4 Å². The van der Waals surface area contributed by atoms with Crippen LogP contribution in [0.5, 0.6) is 5.75 Å². The van der Waals surface area contributed by atoms with Crippen LogP contribution in [-0.2, 0) is 4.74 Å². The largest absolute Gasteiger partial charge is 0.496 e. The van der Waals surface area contributed by atoms with Crippen molar-refractivity contribution in [2.75, 3.05) is 13.7 Å². The van der Waals surface area contributed by atoms with Crippen LogP contribution in [0.1, 0.15) is 42.7 Å². The number of esters is 1. The average Bonchev–Trinajstić information content (AvgIpc) is 2.58. The SMILES string of the molecule is CCOC(=O)c1c(Cl)c(C)c(-c2c(F)cccc2OC)n(C(C)C)c1=O. The minimum Gasteiger partial charge on any atom is -0.496 e. The first kappa shape index (κ1) is 20.0. The normalized spacial score (nSPS) is 10.9. The van der Waals surface area contributed by atoms with Crippen molar-refractivity contribution in [2.45, 2.75) is 33.7 Å². The highest BCUT2D eigenvalue weighted by atomic mass is 35.5. The van der Waals surface area contributed by atoms with Gasteiger partial charge in [-0.2, -0.15) is 0 Å². The predicted octanol–water partition coefficient (Wildman–Crippen LogP) is 4.38. The molecule has 0 atom stereocenters. The number of hydrogen-bond acceptors (Lipinski definition) is 4. The zero-order chi connectivity index (χ0) is 19.6. The molecule has 5 nitrogen and oxygen atoms in total. The van der Waals surface area contributed by atoms with Gasteiger partial charge in [-0.1, -0.05) is 17.7 Å². The highest BCUT2D eigenvalue weighted by Gasteiger charge is 2.28. The van der Waals surface area contributed by atoms with Gasteiger partial charge in [0.1, 0.15) is 17.1 Å². The fourth-order valence-corrected chi connectivity index (χ4v) is 3.12. The Morgan fingerprint density at radius 3 is 2.54 bits per heavy atom. The van der Waals surface area contributed by atoms with E-state index in [0.29, 0.717) is 5.56 Å². The predicted molar refractivity (Wildman–Crippen MR) is 98.7 cm³/mol. The summed E-state index contributed by atoms with van der Waals surface area (Å²) in [6.45, 7) is 6.90. The van der Waals surface area contributed by atoms with E-state index in [1.807, 2.05) is 0 Å². The van der Waals surface area contributed by atoms with Gasteiger partial charge in [-0.15, -0.1) is 0 Å². The number of nitrogens with zero attached hydrogens (tertiary/aromatic N) is 1. The number of methoxy groups -OCH3 is 1. The van der Waals surface area contributed by atoms with Gasteiger partial charge in [-0.25, -0.2) is 9.18 Å². The Morgan fingerprint density at radius 2 is 2.00 bits per heavy atom. The van der Waals surface area contributed by atoms with Crippen molar-refractivity contribution < 1.29 is 18.7 Å². The molecule has 0 saturated heterocycles. The molecule has 0 aliphatic rings. The summed E-state index contributed by atoms with van der Waals surface area (Å²) in [7, 11) is 1.42. The fraction of sp³-hybridized carbons (Fsp3) is 0.368. The molecule has 0 N–H and O–H groups in total. The lowest BCUT2D eigenvalue weighted by Crippen LogP contribution is -2.31. The van der Waals surface area contributed by atoms with Gasteiger partial charge in [0.25, 0.3) is 5.56 Å². The minimum atomic E-state index is -0.799. The number of ether oxygens (including phenoxy) is 2. The molecule has 1 aromatic heterocycles. The molecule has 0 aliphatic heterocycles. The number of halogens is 2. The highest BCUT2D eigenvalue weighted by molar-refractivity contribution is 6.34. The second kappa shape index (κ2) is 7.91. The van der Waals surface area contributed by atoms with Gasteiger partial charge in [0.05, 0.1) is 30.0 Å². The Kier molecular flexibility index (Phi) is 6.08. The number of hydrogen-bond donors (Lipinski definition) is 0. The van der Waals surface area contributed by atoms with Crippen LogP contribution >= 0.6 is 11.6 Å². The molecule has 0 radical (unpaired) electrons. The molecule has 0 saturated carbocycles. The standard InChI is InChI=1S/C19H21ClFNO4/c1-6-26-19(24)15-16(20)11(4)17(22(10(2)3)18(15)23)14-12(21)8-7-9-13(14)25-5/h7-10H,6H2,1-5H3. The molecule has 0 bridgehead atoms. The third-order valence-corrected chi connectivity index (χ3v) is 4.48. The molecule has 2 aromatic rings. The van der Waals surface area contributed by atoms with Gasteiger partial charge in [0.2, 0.25) is 0 Å². The van der Waals surface area contributed by atoms with E-state index in [0.717, 1.165) is 0 Å². The molecule has 0 fully saturated rings. The molecule has 0 aliphatic carbocycles. The van der Waals surface area contributed by atoms with Crippen molar-refractivity contribution in [1.29, 1.82) is 0 Å². The molecule has 7 heteroatoms. The van der Waals surface area contributed by atoms with Crippen LogP contribution < -0.4 is 10.3 Å². The van der Waals surface area contributed by atoms with E-state index in [4.69, 9.17) is 21.1 Å². The number of pyridine rings is 1. The summed E-state index contributed by atoms with van der Waals surface area (Å²) in [6.07, 6.45) is 0. The maximum absolute atomic E-state index is 14.7. The third kappa shape index (κ3) is 3.33. The summed E-state index contributed by atoms with van der Waals surface area (Å²) in [5.74, 6) is -1.09. The van der Waals surface area contributed by atoms with E-state index in [1.165, 1.54) is 23.8 Å². The quantitative estimate of drug-likeness (QED) is 0.721. The third-order valence-electron chi connectivity index (χ3n) is 4.01. The molecule has 0 spiro atoms. The van der Waals surface area contributed by atoms with E-state index in [2.05, 4.69) is 0 Å². The van der Waals surface area contributed by atoms with Crippen molar-refractivity contribution in [2.24, 2.45) is 0 Å². The van der Waals surface area contributed by atoms with E-state index in [-0.39, 0.29) is 40.2 Å². The number of carbonyl (C=O) groups excluding carboxylic acids is 1. The lowest BCUT2D eigenvalue weighted by Gasteiger charge is -2.23. The summed E-state index contributed by atoms with van der Waals surface area (Å²) in [5.41, 5.74) is -0.0897. The maximum atomic E-state index is 14.7. The van der Waals surface area contributed by atoms with Crippen molar-refractivity contribution in [3.05, 3.63) is 50.5 Å². The summed E-state index contributed by atoms with van der Waals surface area (Å²) >= 11 is 6.33. The Hall–Kier alpha value is -2.34. The monoisotopic (exact) mass is 381 g/mol. The lowest BCUT2D eigenvalue weighted by atomic mass is 10.0. The van der Waals surface area contributed by atoms with Crippen LogP contribution in [0.25, 0.3) is 11.3 Å². The van der Waals surface area contributed by atoms with Crippen molar-refractivity contribution in [3.63, 3.8) is 0 Å². The average molecular weight is 382 g/mol. The van der Waals surface area contributed by atoms with Gasteiger partial charge >= 0.3 is 5.97 Å². The summed E-state index contributed by atoms with van der Waals surface area (Å²) in [6, 6.07) is 4.03. The van der Waals surface area contributed by atoms with Crippen LogP contribution in [0.2, 0.25) is 5.02 Å². The minimum absolute atomic E-state index is 0.0503. The first-order chi connectivity index (χ1) is 12.3. The van der Waals surface area contributed by atoms with Gasteiger partial charge in [0, 0.05) is 6.04 Å². The van der Waals surface area contributed by atoms with E-state index >= 15 is 0 Å². The molecule has 26 heavy (non-hydrogen) atoms. The van der Waals surface area contributed by atoms with E-state index in [1.54, 1.807) is 33.8 Å². The number of rotatable bonds is 5. The van der Waals surface area contributed by atoms with Crippen LogP contribution in [-0.4, -0.2) is 24.3 Å². The first-order valence-corrected chi connectivity index (χ1v) is 8.58. The van der Waals surface area contributed by atoms with E-state index < -0.39 is 17.3 Å². The molecule has 1 aromatic carbocycles. The smallest absolute Gasteiger partial charge is 0.345 e. The number of carbonyl (C=O) groups is 1. The van der Waals surface area contributed by atoms with Crippen LogP contribution in [0.4, 0.5) is 4.39 Å². The second-order valence-electron chi connectivity index (χ2n) is 5.97. The number of benzene rings is 1. The van der Waals surface area contributed by atoms with Crippen LogP contribution in [0.3, 0.4) is 0 Å². The van der Waals surface area contributed by atoms with Gasteiger partial charge in [0.15, 0.2) is 0 Å². The Bertz CT molecular complexity index is 905. The van der Waals surface area contributed by atoms with Crippen LogP contribution in [0.15, 0.2) is 23.0 Å². The summed E-state index contributed by atoms with van der Waals surface area (Å²) < 4.78 is 26.2. The summed E-state index contributed by atoms with van der Waals surface area (Å²) in [4.78, 5) is 25.3. The second-order valence-corrected chi connectivity index (χ2v) is 6.35. The molecular weight excluding hydrogens is 361 g/mol. The zero-order valence-electron chi connectivity index (χ0n) is 15.4. The first-order valence-electron chi connectivity index (χ1n) is 8.20. The molecule has 1 heterocycles. The fourth-order valence-electron chi connectivity index (χ4n) is 2.87. The molecule has 0 unspecified atom stereocenters. The Labute approximate surface area is 156 Å². The van der Waals surface area contributed by atoms with Crippen molar-refractivity contribution >= 4 is 17.6 Å². The topological polar surface area (TPSA) is 57.5 Å². The highest BCUT2D eigenvalue weighted by Crippen LogP contribution is 2.38. The Morgan fingerprint density at radius 1 is 1.35 bits per heavy atom. The van der Waals surface area contributed by atoms with Gasteiger partial charge in [-0.3, -0.25) is 4.79 Å².